The number of ether oxygens (including phenoxy) is 1. The summed E-state index contributed by atoms with van der Waals surface area (Å²) in [5.74, 6) is 0.592. The highest BCUT2D eigenvalue weighted by molar-refractivity contribution is 6.39. The smallest absolute Gasteiger partial charge is 0.377 e. The Hall–Kier alpha value is -3.14. The van der Waals surface area contributed by atoms with Crippen molar-refractivity contribution in [1.82, 2.24) is 15.1 Å². The molecule has 3 aromatic heterocycles. The van der Waals surface area contributed by atoms with Crippen molar-refractivity contribution in [3.8, 4) is 11.3 Å². The van der Waals surface area contributed by atoms with Crippen LogP contribution in [-0.2, 0) is 17.5 Å². The molecule has 1 aliphatic heterocycles. The molecule has 1 spiro atoms. The normalized spacial score (nSPS) is 16.9. The van der Waals surface area contributed by atoms with E-state index in [0.29, 0.717) is 38.3 Å². The first-order valence-corrected chi connectivity index (χ1v) is 14.0. The standard InChI is InChI=1S/C30H27Cl2F3N4O2/c1-17-9-22(30(33,34)35)20-11-19(3-4-25(20)37-17)39-7-5-29(6-8-39)12-18(13-29)10-21-26(16-40-2)41-38-28(21)27-23(31)14-36-15-24(27)32/h3-4,9-11,14-15H,5-8,12-13,16H2,1-2H3. The molecule has 1 saturated carbocycles. The zero-order chi connectivity index (χ0) is 28.9. The van der Waals surface area contributed by atoms with Gasteiger partial charge in [0.05, 0.1) is 21.1 Å². The predicted octanol–water partition coefficient (Wildman–Crippen LogP) is 8.53. The summed E-state index contributed by atoms with van der Waals surface area (Å²) in [6.07, 6.45) is 4.45. The fourth-order valence-corrected chi connectivity index (χ4v) is 6.66. The zero-order valence-corrected chi connectivity index (χ0v) is 24.0. The molecule has 0 N–H and O–H groups in total. The Bertz CT molecular complexity index is 1630. The summed E-state index contributed by atoms with van der Waals surface area (Å²) in [5.41, 5.74) is 4.22. The molecule has 1 saturated heterocycles. The molecule has 11 heteroatoms. The Morgan fingerprint density at radius 1 is 1.10 bits per heavy atom. The number of benzene rings is 1. The van der Waals surface area contributed by atoms with E-state index in [0.717, 1.165) is 56.1 Å². The first-order chi connectivity index (χ1) is 19.6. The number of nitrogens with zero attached hydrogens (tertiary/aromatic N) is 4. The van der Waals surface area contributed by atoms with E-state index in [9.17, 15) is 13.2 Å². The van der Waals surface area contributed by atoms with Gasteiger partial charge < -0.3 is 14.2 Å². The molecule has 6 rings (SSSR count). The minimum Gasteiger partial charge on any atom is -0.377 e. The van der Waals surface area contributed by atoms with Crippen LogP contribution < -0.4 is 4.90 Å². The zero-order valence-electron chi connectivity index (χ0n) is 22.5. The molecule has 0 atom stereocenters. The molecule has 4 heterocycles. The summed E-state index contributed by atoms with van der Waals surface area (Å²) in [5, 5.41) is 5.16. The third kappa shape index (κ3) is 5.31. The van der Waals surface area contributed by atoms with Crippen LogP contribution in [0.1, 0.15) is 48.3 Å². The van der Waals surface area contributed by atoms with Crippen molar-refractivity contribution in [3.63, 3.8) is 0 Å². The fraction of sp³-hybridized carbons (Fsp3) is 0.367. The molecule has 0 radical (unpaired) electrons. The average molecular weight is 603 g/mol. The van der Waals surface area contributed by atoms with E-state index >= 15 is 0 Å². The van der Waals surface area contributed by atoms with Crippen molar-refractivity contribution in [3.05, 3.63) is 74.9 Å². The minimum absolute atomic E-state index is 0.139. The van der Waals surface area contributed by atoms with Gasteiger partial charge in [0, 0.05) is 60.5 Å². The van der Waals surface area contributed by atoms with E-state index in [-0.39, 0.29) is 17.4 Å². The van der Waals surface area contributed by atoms with Gasteiger partial charge in [-0.2, -0.15) is 13.2 Å². The fourth-order valence-electron chi connectivity index (χ4n) is 6.12. The highest BCUT2D eigenvalue weighted by Gasteiger charge is 2.43. The lowest BCUT2D eigenvalue weighted by Gasteiger charge is -2.50. The van der Waals surface area contributed by atoms with Crippen LogP contribution in [0.15, 0.2) is 46.8 Å². The van der Waals surface area contributed by atoms with Crippen molar-refractivity contribution in [1.29, 1.82) is 0 Å². The lowest BCUT2D eigenvalue weighted by atomic mass is 9.60. The molecule has 214 valence electrons. The quantitative estimate of drug-likeness (QED) is 0.228. The first kappa shape index (κ1) is 28.0. The van der Waals surface area contributed by atoms with Crippen LogP contribution in [0.2, 0.25) is 10.0 Å². The average Bonchev–Trinajstić information content (AvgIpc) is 3.28. The van der Waals surface area contributed by atoms with Crippen LogP contribution in [0, 0.1) is 12.3 Å². The van der Waals surface area contributed by atoms with Crippen LogP contribution in [0.25, 0.3) is 28.2 Å². The van der Waals surface area contributed by atoms with Crippen LogP contribution >= 0.6 is 23.2 Å². The lowest BCUT2D eigenvalue weighted by Crippen LogP contribution is -2.44. The third-order valence-electron chi connectivity index (χ3n) is 8.14. The summed E-state index contributed by atoms with van der Waals surface area (Å²) in [6.45, 7) is 3.38. The van der Waals surface area contributed by atoms with Gasteiger partial charge in [-0.1, -0.05) is 33.9 Å². The molecule has 6 nitrogen and oxygen atoms in total. The molecule has 1 aliphatic carbocycles. The van der Waals surface area contributed by atoms with Crippen LogP contribution in [0.3, 0.4) is 0 Å². The van der Waals surface area contributed by atoms with Crippen LogP contribution in [0.4, 0.5) is 18.9 Å². The molecule has 0 unspecified atom stereocenters. The molecule has 0 bridgehead atoms. The van der Waals surface area contributed by atoms with Gasteiger partial charge >= 0.3 is 6.18 Å². The number of hydrogen-bond donors (Lipinski definition) is 0. The first-order valence-electron chi connectivity index (χ1n) is 13.3. The number of hydrogen-bond acceptors (Lipinski definition) is 6. The number of halogens is 5. The van der Waals surface area contributed by atoms with E-state index in [1.54, 1.807) is 26.2 Å². The monoisotopic (exact) mass is 602 g/mol. The summed E-state index contributed by atoms with van der Waals surface area (Å²) in [6, 6.07) is 6.32. The van der Waals surface area contributed by atoms with Crippen molar-refractivity contribution >= 4 is 45.9 Å². The molecule has 2 aliphatic rings. The SMILES string of the molecule is COCc1onc(-c2c(Cl)cncc2Cl)c1C=C1CC2(CCN(c3ccc4nc(C)cc(C(F)(F)F)c4c3)CC2)C1. The summed E-state index contributed by atoms with van der Waals surface area (Å²) < 4.78 is 52.2. The van der Waals surface area contributed by atoms with Gasteiger partial charge in [0.2, 0.25) is 0 Å². The Morgan fingerprint density at radius 3 is 2.46 bits per heavy atom. The molecule has 4 aromatic rings. The second-order valence-corrected chi connectivity index (χ2v) is 11.7. The Morgan fingerprint density at radius 2 is 1.80 bits per heavy atom. The van der Waals surface area contributed by atoms with Gasteiger partial charge in [-0.05, 0) is 68.4 Å². The van der Waals surface area contributed by atoms with E-state index in [1.165, 1.54) is 18.0 Å². The maximum atomic E-state index is 13.7. The third-order valence-corrected chi connectivity index (χ3v) is 8.71. The van der Waals surface area contributed by atoms with Crippen molar-refractivity contribution in [2.24, 2.45) is 5.41 Å². The maximum absolute atomic E-state index is 13.7. The number of pyridine rings is 2. The molecular formula is C30H27Cl2F3N4O2. The number of aryl methyl sites for hydroxylation is 1. The van der Waals surface area contributed by atoms with Crippen LogP contribution in [0.5, 0.6) is 0 Å². The Labute approximate surface area is 245 Å². The number of aromatic nitrogens is 3. The lowest BCUT2D eigenvalue weighted by molar-refractivity contribution is -0.136. The molecule has 2 fully saturated rings. The second-order valence-electron chi connectivity index (χ2n) is 10.9. The second kappa shape index (κ2) is 10.6. The summed E-state index contributed by atoms with van der Waals surface area (Å²) in [4.78, 5) is 10.5. The van der Waals surface area contributed by atoms with Gasteiger partial charge in [0.15, 0.2) is 5.76 Å². The van der Waals surface area contributed by atoms with E-state index in [1.807, 2.05) is 6.07 Å². The van der Waals surface area contributed by atoms with E-state index in [4.69, 9.17) is 32.5 Å². The minimum atomic E-state index is -4.44. The molecule has 1 aromatic carbocycles. The maximum Gasteiger partial charge on any atom is 0.417 e. The summed E-state index contributed by atoms with van der Waals surface area (Å²) in [7, 11) is 1.59. The van der Waals surface area contributed by atoms with Gasteiger partial charge in [0.25, 0.3) is 0 Å². The van der Waals surface area contributed by atoms with Crippen molar-refractivity contribution in [2.45, 2.75) is 45.4 Å². The largest absolute Gasteiger partial charge is 0.417 e. The Balaban J connectivity index is 1.20. The topological polar surface area (TPSA) is 64.3 Å². The predicted molar refractivity (Wildman–Crippen MR) is 153 cm³/mol. The van der Waals surface area contributed by atoms with E-state index < -0.39 is 11.7 Å². The van der Waals surface area contributed by atoms with Crippen molar-refractivity contribution in [2.75, 3.05) is 25.1 Å². The van der Waals surface area contributed by atoms with Gasteiger partial charge in [0.1, 0.15) is 12.3 Å². The highest BCUT2D eigenvalue weighted by atomic mass is 35.5. The van der Waals surface area contributed by atoms with Gasteiger partial charge in [-0.25, -0.2) is 0 Å². The summed E-state index contributed by atoms with van der Waals surface area (Å²) >= 11 is 12.8. The molecular weight excluding hydrogens is 576 g/mol. The number of piperidine rings is 1. The Kier molecular flexibility index (Phi) is 7.24. The van der Waals surface area contributed by atoms with Gasteiger partial charge in [-0.3, -0.25) is 9.97 Å². The van der Waals surface area contributed by atoms with E-state index in [2.05, 4.69) is 26.1 Å². The van der Waals surface area contributed by atoms with Crippen LogP contribution in [-0.4, -0.2) is 35.3 Å². The number of anilines is 1. The number of allylic oxidation sites excluding steroid dienone is 1. The number of alkyl halides is 3. The van der Waals surface area contributed by atoms with Crippen molar-refractivity contribution < 1.29 is 22.4 Å². The number of fused-ring (bicyclic) bond motifs is 1. The number of methoxy groups -OCH3 is 1. The number of rotatable bonds is 5. The molecule has 41 heavy (non-hydrogen) atoms. The highest BCUT2D eigenvalue weighted by Crippen LogP contribution is 2.54. The van der Waals surface area contributed by atoms with Gasteiger partial charge in [-0.15, -0.1) is 0 Å². The molecule has 0 amide bonds.